The zero-order valence-electron chi connectivity index (χ0n) is 19.2. The van der Waals surface area contributed by atoms with Crippen molar-refractivity contribution < 1.29 is 14.6 Å². The lowest BCUT2D eigenvalue weighted by molar-refractivity contribution is -0.179. The lowest BCUT2D eigenvalue weighted by Gasteiger charge is -2.57. The van der Waals surface area contributed by atoms with Gasteiger partial charge in [-0.05, 0) is 55.3 Å². The Morgan fingerprint density at radius 2 is 2.07 bits per heavy atom. The maximum absolute atomic E-state index is 13.3. The van der Waals surface area contributed by atoms with Gasteiger partial charge in [0.05, 0.1) is 18.1 Å². The molecule has 3 fully saturated rings. The Hall–Kier alpha value is -1.34. The Morgan fingerprint density at radius 3 is 2.70 bits per heavy atom. The van der Waals surface area contributed by atoms with Crippen molar-refractivity contribution >= 4 is 5.97 Å². The Balaban J connectivity index is 1.76. The van der Waals surface area contributed by atoms with Gasteiger partial charge in [0.25, 0.3) is 0 Å². The molecule has 0 heterocycles. The summed E-state index contributed by atoms with van der Waals surface area (Å²) >= 11 is 0. The molecule has 1 N–H and O–H groups in total. The highest BCUT2D eigenvalue weighted by Crippen LogP contribution is 2.83. The SMILES string of the molecule is CCCCCCOCC12CC3C(C)CCC3C3(C#N)CC1C=C(C(C)C)C32C(=O)O. The van der Waals surface area contributed by atoms with Crippen LogP contribution in [-0.4, -0.2) is 24.3 Å². The molecule has 4 heteroatoms. The zero-order valence-corrected chi connectivity index (χ0v) is 19.2. The summed E-state index contributed by atoms with van der Waals surface area (Å²) < 4.78 is 6.29. The highest BCUT2D eigenvalue weighted by molar-refractivity contribution is 5.85. The van der Waals surface area contributed by atoms with Crippen LogP contribution in [0.4, 0.5) is 0 Å². The van der Waals surface area contributed by atoms with Gasteiger partial charge in [-0.3, -0.25) is 4.79 Å². The van der Waals surface area contributed by atoms with Crippen molar-refractivity contribution in [1.82, 2.24) is 0 Å². The van der Waals surface area contributed by atoms with Crippen LogP contribution in [0.1, 0.15) is 79.1 Å². The van der Waals surface area contributed by atoms with E-state index in [1.807, 2.05) is 0 Å². The van der Waals surface area contributed by atoms with Crippen molar-refractivity contribution in [1.29, 1.82) is 5.26 Å². The Kier molecular flexibility index (Phi) is 5.59. The molecular weight excluding hydrogens is 374 g/mol. The van der Waals surface area contributed by atoms with Crippen LogP contribution in [0.2, 0.25) is 0 Å². The van der Waals surface area contributed by atoms with E-state index in [0.29, 0.717) is 31.5 Å². The third kappa shape index (κ3) is 2.51. The Bertz CT molecular complexity index is 767. The van der Waals surface area contributed by atoms with Crippen molar-refractivity contribution in [3.8, 4) is 6.07 Å². The quantitative estimate of drug-likeness (QED) is 0.381. The summed E-state index contributed by atoms with van der Waals surface area (Å²) in [6.45, 7) is 9.91. The minimum Gasteiger partial charge on any atom is -0.481 e. The van der Waals surface area contributed by atoms with Crippen molar-refractivity contribution in [2.75, 3.05) is 13.2 Å². The smallest absolute Gasteiger partial charge is 0.316 e. The minimum atomic E-state index is -1.08. The third-order valence-corrected chi connectivity index (χ3v) is 9.54. The molecule has 0 saturated heterocycles. The summed E-state index contributed by atoms with van der Waals surface area (Å²) in [6, 6.07) is 2.71. The monoisotopic (exact) mass is 413 g/mol. The molecular formula is C26H39NO3. The van der Waals surface area contributed by atoms with Gasteiger partial charge in [-0.25, -0.2) is 0 Å². The molecule has 0 amide bonds. The number of carbonyl (C=O) groups is 1. The predicted octanol–water partition coefficient (Wildman–Crippen LogP) is 5.83. The molecule has 3 saturated carbocycles. The second-order valence-corrected chi connectivity index (χ2v) is 11.0. The van der Waals surface area contributed by atoms with Crippen LogP contribution in [0.5, 0.6) is 0 Å². The molecule has 0 spiro atoms. The fourth-order valence-electron chi connectivity index (χ4n) is 8.42. The molecule has 4 nitrogen and oxygen atoms in total. The fourth-order valence-corrected chi connectivity index (χ4v) is 8.42. The lowest BCUT2D eigenvalue weighted by Crippen LogP contribution is -2.62. The van der Waals surface area contributed by atoms with Crippen LogP contribution < -0.4 is 0 Å². The van der Waals surface area contributed by atoms with Crippen LogP contribution >= 0.6 is 0 Å². The number of hydrogen-bond acceptors (Lipinski definition) is 3. The molecule has 7 unspecified atom stereocenters. The number of rotatable bonds is 9. The van der Waals surface area contributed by atoms with Gasteiger partial charge in [0, 0.05) is 12.0 Å². The van der Waals surface area contributed by atoms with Crippen LogP contribution in [-0.2, 0) is 9.53 Å². The minimum absolute atomic E-state index is 0.137. The number of unbranched alkanes of at least 4 members (excludes halogenated alkanes) is 3. The number of aliphatic carboxylic acids is 1. The Morgan fingerprint density at radius 1 is 1.30 bits per heavy atom. The molecule has 4 rings (SSSR count). The number of fused-ring (bicyclic) bond motifs is 2. The first-order chi connectivity index (χ1) is 14.3. The van der Waals surface area contributed by atoms with Gasteiger partial charge >= 0.3 is 5.97 Å². The number of carboxylic acids is 1. The lowest BCUT2D eigenvalue weighted by atomic mass is 9.43. The van der Waals surface area contributed by atoms with Crippen LogP contribution in [0, 0.1) is 57.2 Å². The molecule has 0 radical (unpaired) electrons. The van der Waals surface area contributed by atoms with Gasteiger partial charge in [0.1, 0.15) is 5.41 Å². The summed E-state index contributed by atoms with van der Waals surface area (Å²) in [5.41, 5.74) is -1.31. The first-order valence-electron chi connectivity index (χ1n) is 12.3. The standard InChI is InChI=1S/C26H39NO3/c1-5-6-7-8-11-30-16-25-14-20-18(4)9-10-21(20)24(15-27)13-19(25)12-22(17(2)3)26(24,25)23(28)29/h12,17-21H,5-11,13-14,16H2,1-4H3,(H,28,29). The number of ether oxygens (including phenoxy) is 1. The number of carboxylic acid groups (broad SMARTS) is 1. The van der Waals surface area contributed by atoms with Gasteiger partial charge in [0.2, 0.25) is 0 Å². The number of allylic oxidation sites excluding steroid dienone is 1. The highest BCUT2D eigenvalue weighted by atomic mass is 16.5. The molecule has 166 valence electrons. The second kappa shape index (κ2) is 7.66. The first-order valence-corrected chi connectivity index (χ1v) is 12.3. The largest absolute Gasteiger partial charge is 0.481 e. The van der Waals surface area contributed by atoms with E-state index in [9.17, 15) is 15.2 Å². The third-order valence-electron chi connectivity index (χ3n) is 9.54. The number of nitrogens with zero attached hydrogens (tertiary/aromatic N) is 1. The summed E-state index contributed by atoms with van der Waals surface area (Å²) in [6.07, 6.45) is 10.6. The van der Waals surface area contributed by atoms with E-state index < -0.39 is 22.2 Å². The predicted molar refractivity (Wildman–Crippen MR) is 117 cm³/mol. The Labute approximate surface area is 182 Å². The molecule has 0 aliphatic heterocycles. The molecule has 0 aromatic rings. The van der Waals surface area contributed by atoms with Crippen LogP contribution in [0.3, 0.4) is 0 Å². The maximum atomic E-state index is 13.3. The zero-order chi connectivity index (χ0) is 21.7. The summed E-state index contributed by atoms with van der Waals surface area (Å²) in [4.78, 5) is 13.3. The normalized spacial score (nSPS) is 43.5. The average Bonchev–Trinajstić information content (AvgIpc) is 3.27. The summed E-state index contributed by atoms with van der Waals surface area (Å²) in [5.74, 6) is 0.747. The van der Waals surface area contributed by atoms with Crippen LogP contribution in [0.25, 0.3) is 0 Å². The van der Waals surface area contributed by atoms with Gasteiger partial charge in [-0.2, -0.15) is 5.26 Å². The van der Waals surface area contributed by atoms with E-state index in [4.69, 9.17) is 4.74 Å². The first kappa shape index (κ1) is 21.9. The molecule has 4 aliphatic carbocycles. The molecule has 7 atom stereocenters. The molecule has 30 heavy (non-hydrogen) atoms. The second-order valence-electron chi connectivity index (χ2n) is 11.0. The van der Waals surface area contributed by atoms with E-state index in [1.165, 1.54) is 12.8 Å². The highest BCUT2D eigenvalue weighted by Gasteiger charge is 2.84. The van der Waals surface area contributed by atoms with E-state index >= 15 is 0 Å². The van der Waals surface area contributed by atoms with Crippen molar-refractivity contribution in [2.24, 2.45) is 45.8 Å². The van der Waals surface area contributed by atoms with E-state index in [1.54, 1.807) is 0 Å². The van der Waals surface area contributed by atoms with Gasteiger partial charge in [0.15, 0.2) is 0 Å². The van der Waals surface area contributed by atoms with E-state index in [-0.39, 0.29) is 17.8 Å². The van der Waals surface area contributed by atoms with Crippen molar-refractivity contribution in [2.45, 2.75) is 79.1 Å². The van der Waals surface area contributed by atoms with E-state index in [0.717, 1.165) is 37.7 Å². The molecule has 0 aromatic carbocycles. The maximum Gasteiger partial charge on any atom is 0.316 e. The van der Waals surface area contributed by atoms with Crippen molar-refractivity contribution in [3.63, 3.8) is 0 Å². The molecule has 4 aliphatic rings. The average molecular weight is 414 g/mol. The van der Waals surface area contributed by atoms with Crippen LogP contribution in [0.15, 0.2) is 11.6 Å². The fraction of sp³-hybridized carbons (Fsp3) is 0.846. The van der Waals surface area contributed by atoms with Gasteiger partial charge in [-0.15, -0.1) is 0 Å². The number of nitriles is 1. The van der Waals surface area contributed by atoms with Crippen molar-refractivity contribution in [3.05, 3.63) is 11.6 Å². The van der Waals surface area contributed by atoms with Gasteiger partial charge in [-0.1, -0.05) is 65.0 Å². The topological polar surface area (TPSA) is 70.3 Å². The summed E-state index contributed by atoms with van der Waals surface area (Å²) in [7, 11) is 0. The summed E-state index contributed by atoms with van der Waals surface area (Å²) in [5, 5.41) is 21.5. The van der Waals surface area contributed by atoms with E-state index in [2.05, 4.69) is 39.8 Å². The molecule has 4 bridgehead atoms. The number of hydrogen-bond donors (Lipinski definition) is 1. The molecule has 0 aromatic heterocycles. The van der Waals surface area contributed by atoms with Gasteiger partial charge < -0.3 is 9.84 Å².